The molecule has 0 spiro atoms. The van der Waals surface area contributed by atoms with Gasteiger partial charge in [0.25, 0.3) is 0 Å². The number of rotatable bonds is 8. The van der Waals surface area contributed by atoms with Crippen molar-refractivity contribution < 1.29 is 9.59 Å². The fourth-order valence-electron chi connectivity index (χ4n) is 2.94. The van der Waals surface area contributed by atoms with Gasteiger partial charge in [-0.25, -0.2) is 0 Å². The molecule has 1 atom stereocenters. The maximum Gasteiger partial charge on any atom is 0.242 e. The van der Waals surface area contributed by atoms with Gasteiger partial charge in [0, 0.05) is 17.6 Å². The minimum atomic E-state index is -0.547. The third-order valence-electron chi connectivity index (χ3n) is 4.70. The van der Waals surface area contributed by atoms with Gasteiger partial charge in [0.15, 0.2) is 0 Å². The van der Waals surface area contributed by atoms with Crippen molar-refractivity contribution in [3.63, 3.8) is 0 Å². The summed E-state index contributed by atoms with van der Waals surface area (Å²) in [6, 6.07) is 15.2. The van der Waals surface area contributed by atoms with Gasteiger partial charge in [0.1, 0.15) is 6.04 Å². The van der Waals surface area contributed by atoms with E-state index in [-0.39, 0.29) is 18.2 Å². The molecule has 2 amide bonds. The third-order valence-corrected chi connectivity index (χ3v) is 5.19. The van der Waals surface area contributed by atoms with E-state index < -0.39 is 6.04 Å². The minimum Gasteiger partial charge on any atom is -0.354 e. The van der Waals surface area contributed by atoms with Gasteiger partial charge in [-0.2, -0.15) is 0 Å². The molecule has 0 bridgehead atoms. The van der Waals surface area contributed by atoms with E-state index in [4.69, 9.17) is 0 Å². The second-order valence-electron chi connectivity index (χ2n) is 7.57. The second-order valence-corrected chi connectivity index (χ2v) is 8.49. The normalized spacial score (nSPS) is 11.9. The van der Waals surface area contributed by atoms with Gasteiger partial charge in [-0.1, -0.05) is 66.2 Å². The first kappa shape index (κ1) is 22.2. The summed E-state index contributed by atoms with van der Waals surface area (Å²) < 4.78 is 0.952. The van der Waals surface area contributed by atoms with Crippen molar-refractivity contribution in [3.8, 4) is 0 Å². The van der Waals surface area contributed by atoms with Gasteiger partial charge in [-0.3, -0.25) is 9.59 Å². The van der Waals surface area contributed by atoms with Gasteiger partial charge >= 0.3 is 0 Å². The summed E-state index contributed by atoms with van der Waals surface area (Å²) in [5.41, 5.74) is 3.05. The van der Waals surface area contributed by atoms with Crippen LogP contribution in [0.3, 0.4) is 0 Å². The smallest absolute Gasteiger partial charge is 0.242 e. The van der Waals surface area contributed by atoms with E-state index in [1.54, 1.807) is 11.8 Å². The van der Waals surface area contributed by atoms with Crippen LogP contribution in [0.25, 0.3) is 0 Å². The molecule has 150 valence electrons. The van der Waals surface area contributed by atoms with E-state index in [0.29, 0.717) is 19.0 Å². The average molecular weight is 445 g/mol. The molecule has 0 aromatic heterocycles. The monoisotopic (exact) mass is 444 g/mol. The highest BCUT2D eigenvalue weighted by atomic mass is 79.9. The van der Waals surface area contributed by atoms with Crippen LogP contribution in [0, 0.1) is 12.8 Å². The van der Waals surface area contributed by atoms with Crippen LogP contribution in [0.5, 0.6) is 0 Å². The lowest BCUT2D eigenvalue weighted by atomic mass is 10.0. The molecule has 0 saturated carbocycles. The first-order chi connectivity index (χ1) is 13.3. The van der Waals surface area contributed by atoms with Crippen molar-refractivity contribution in [1.82, 2.24) is 10.2 Å². The van der Waals surface area contributed by atoms with E-state index in [0.717, 1.165) is 21.2 Å². The molecule has 2 rings (SSSR count). The predicted molar refractivity (Wildman–Crippen MR) is 117 cm³/mol. The number of hydrogen-bond acceptors (Lipinski definition) is 2. The summed E-state index contributed by atoms with van der Waals surface area (Å²) in [4.78, 5) is 27.5. The Morgan fingerprint density at radius 1 is 1.07 bits per heavy atom. The summed E-state index contributed by atoms with van der Waals surface area (Å²) in [6.07, 6.45) is 0.280. The maximum absolute atomic E-state index is 13.2. The van der Waals surface area contributed by atoms with Crippen LogP contribution in [0.2, 0.25) is 0 Å². The summed E-state index contributed by atoms with van der Waals surface area (Å²) in [7, 11) is 0. The molecule has 0 heterocycles. The fourth-order valence-corrected chi connectivity index (χ4v) is 3.39. The Labute approximate surface area is 176 Å². The van der Waals surface area contributed by atoms with Gasteiger partial charge in [0.2, 0.25) is 11.8 Å². The highest BCUT2D eigenvalue weighted by molar-refractivity contribution is 9.10. The molecule has 0 aliphatic heterocycles. The Morgan fingerprint density at radius 3 is 2.43 bits per heavy atom. The third kappa shape index (κ3) is 6.48. The molecule has 2 aromatic rings. The van der Waals surface area contributed by atoms with Crippen LogP contribution in [-0.2, 0) is 22.6 Å². The Morgan fingerprint density at radius 2 is 1.79 bits per heavy atom. The first-order valence-corrected chi connectivity index (χ1v) is 10.4. The SMILES string of the molecule is Cc1ccccc1CC(=O)N(Cc1cccc(Br)c1)C(C)C(=O)NCC(C)C. The molecular weight excluding hydrogens is 416 g/mol. The minimum absolute atomic E-state index is 0.0542. The quantitative estimate of drug-likeness (QED) is 0.651. The van der Waals surface area contributed by atoms with Crippen LogP contribution >= 0.6 is 15.9 Å². The molecule has 0 fully saturated rings. The summed E-state index contributed by atoms with van der Waals surface area (Å²) in [5, 5.41) is 2.95. The highest BCUT2D eigenvalue weighted by Crippen LogP contribution is 2.17. The summed E-state index contributed by atoms with van der Waals surface area (Å²) in [5.74, 6) is 0.181. The molecule has 1 N–H and O–H groups in total. The van der Waals surface area contributed by atoms with Crippen LogP contribution in [0.4, 0.5) is 0 Å². The number of halogens is 1. The van der Waals surface area contributed by atoms with Crippen LogP contribution in [-0.4, -0.2) is 29.3 Å². The Hall–Kier alpha value is -2.14. The molecule has 5 heteroatoms. The molecule has 4 nitrogen and oxygen atoms in total. The lowest BCUT2D eigenvalue weighted by Crippen LogP contribution is -2.48. The Balaban J connectivity index is 2.22. The van der Waals surface area contributed by atoms with Gasteiger partial charge < -0.3 is 10.2 Å². The average Bonchev–Trinajstić information content (AvgIpc) is 2.65. The van der Waals surface area contributed by atoms with Crippen molar-refractivity contribution in [2.24, 2.45) is 5.92 Å². The second kappa shape index (κ2) is 10.4. The van der Waals surface area contributed by atoms with Gasteiger partial charge in [-0.05, 0) is 48.6 Å². The molecule has 0 aliphatic rings. The van der Waals surface area contributed by atoms with Crippen LogP contribution in [0.15, 0.2) is 53.0 Å². The summed E-state index contributed by atoms with van der Waals surface area (Å²) in [6.45, 7) is 8.88. The molecule has 0 radical (unpaired) electrons. The zero-order chi connectivity index (χ0) is 20.7. The molecule has 28 heavy (non-hydrogen) atoms. The van der Waals surface area contributed by atoms with E-state index in [1.165, 1.54) is 0 Å². The molecule has 0 aliphatic carbocycles. The maximum atomic E-state index is 13.2. The molecule has 1 unspecified atom stereocenters. The number of hydrogen-bond donors (Lipinski definition) is 1. The van der Waals surface area contributed by atoms with E-state index in [2.05, 4.69) is 21.2 Å². The number of amides is 2. The number of nitrogens with one attached hydrogen (secondary N) is 1. The van der Waals surface area contributed by atoms with E-state index in [1.807, 2.05) is 69.3 Å². The fraction of sp³-hybridized carbons (Fsp3) is 0.391. The number of aryl methyl sites for hydroxylation is 1. The molecule has 0 saturated heterocycles. The largest absolute Gasteiger partial charge is 0.354 e. The number of nitrogens with zero attached hydrogens (tertiary/aromatic N) is 1. The van der Waals surface area contributed by atoms with Crippen LogP contribution < -0.4 is 5.32 Å². The van der Waals surface area contributed by atoms with Gasteiger partial charge in [-0.15, -0.1) is 0 Å². The van der Waals surface area contributed by atoms with E-state index >= 15 is 0 Å². The standard InChI is InChI=1S/C23H29BrN2O2/c1-16(2)14-25-23(28)18(4)26(15-19-9-7-11-21(24)12-19)22(27)13-20-10-6-5-8-17(20)3/h5-12,16,18H,13-15H2,1-4H3,(H,25,28). The number of benzene rings is 2. The van der Waals surface area contributed by atoms with Crippen molar-refractivity contribution in [1.29, 1.82) is 0 Å². The van der Waals surface area contributed by atoms with Crippen molar-refractivity contribution in [2.45, 2.75) is 46.7 Å². The van der Waals surface area contributed by atoms with Crippen molar-refractivity contribution in [2.75, 3.05) is 6.54 Å². The molecule has 2 aromatic carbocycles. The predicted octanol–water partition coefficient (Wildman–Crippen LogP) is 4.49. The first-order valence-electron chi connectivity index (χ1n) is 9.64. The number of carbonyl (C=O) groups excluding carboxylic acids is 2. The van der Waals surface area contributed by atoms with Crippen molar-refractivity contribution >= 4 is 27.7 Å². The lowest BCUT2D eigenvalue weighted by molar-refractivity contribution is -0.140. The number of carbonyl (C=O) groups is 2. The topological polar surface area (TPSA) is 49.4 Å². The summed E-state index contributed by atoms with van der Waals surface area (Å²) >= 11 is 3.48. The van der Waals surface area contributed by atoms with Crippen LogP contribution in [0.1, 0.15) is 37.5 Å². The molecular formula is C23H29BrN2O2. The lowest BCUT2D eigenvalue weighted by Gasteiger charge is -2.29. The zero-order valence-corrected chi connectivity index (χ0v) is 18.6. The van der Waals surface area contributed by atoms with Gasteiger partial charge in [0.05, 0.1) is 6.42 Å². The van der Waals surface area contributed by atoms with E-state index in [9.17, 15) is 9.59 Å². The zero-order valence-electron chi connectivity index (χ0n) is 17.0. The van der Waals surface area contributed by atoms with Crippen molar-refractivity contribution in [3.05, 3.63) is 69.7 Å². The highest BCUT2D eigenvalue weighted by Gasteiger charge is 2.26. The Kier molecular flexibility index (Phi) is 8.24. The Bertz CT molecular complexity index is 820.